The second-order valence-corrected chi connectivity index (χ2v) is 5.44. The predicted molar refractivity (Wildman–Crippen MR) is 73.0 cm³/mol. The van der Waals surface area contributed by atoms with Crippen LogP contribution in [0.5, 0.6) is 0 Å². The minimum Gasteiger partial charge on any atom is -0.389 e. The molecule has 2 nitrogen and oxygen atoms in total. The average molecular weight is 253 g/mol. The van der Waals surface area contributed by atoms with Gasteiger partial charge in [-0.2, -0.15) is 0 Å². The van der Waals surface area contributed by atoms with E-state index in [1.165, 1.54) is 12.1 Å². The van der Waals surface area contributed by atoms with E-state index in [-0.39, 0.29) is 11.9 Å². The van der Waals surface area contributed by atoms with E-state index in [4.69, 9.17) is 0 Å². The van der Waals surface area contributed by atoms with Crippen LogP contribution in [0, 0.1) is 5.82 Å². The van der Waals surface area contributed by atoms with Gasteiger partial charge in [0.1, 0.15) is 5.82 Å². The van der Waals surface area contributed by atoms with Crippen molar-refractivity contribution < 1.29 is 9.50 Å². The van der Waals surface area contributed by atoms with Gasteiger partial charge in [0.25, 0.3) is 0 Å². The van der Waals surface area contributed by atoms with Crippen LogP contribution >= 0.6 is 0 Å². The molecule has 0 saturated heterocycles. The highest BCUT2D eigenvalue weighted by molar-refractivity contribution is 5.20. The van der Waals surface area contributed by atoms with E-state index in [9.17, 15) is 9.50 Å². The number of halogens is 1. The lowest BCUT2D eigenvalue weighted by atomic mass is 10.00. The van der Waals surface area contributed by atoms with Gasteiger partial charge >= 0.3 is 0 Å². The third-order valence-corrected chi connectivity index (χ3v) is 2.90. The zero-order valence-corrected chi connectivity index (χ0v) is 11.5. The summed E-state index contributed by atoms with van der Waals surface area (Å²) in [5, 5.41) is 13.1. The molecule has 1 unspecified atom stereocenters. The lowest BCUT2D eigenvalue weighted by Crippen LogP contribution is -2.36. The van der Waals surface area contributed by atoms with Crippen LogP contribution in [0.3, 0.4) is 0 Å². The highest BCUT2D eigenvalue weighted by atomic mass is 19.1. The molecule has 0 fully saturated rings. The Bertz CT molecular complexity index is 343. The monoisotopic (exact) mass is 253 g/mol. The fraction of sp³-hybridized carbons (Fsp3) is 0.600. The van der Waals surface area contributed by atoms with Crippen LogP contribution in [-0.2, 0) is 0 Å². The molecule has 0 aliphatic rings. The number of aliphatic hydroxyl groups is 1. The van der Waals surface area contributed by atoms with Crippen LogP contribution in [0.1, 0.15) is 51.6 Å². The highest BCUT2D eigenvalue weighted by Crippen LogP contribution is 2.20. The molecule has 1 aromatic carbocycles. The van der Waals surface area contributed by atoms with E-state index in [1.54, 1.807) is 13.8 Å². The topological polar surface area (TPSA) is 32.3 Å². The third kappa shape index (κ3) is 5.61. The number of hydrogen-bond donors (Lipinski definition) is 2. The lowest BCUT2D eigenvalue weighted by molar-refractivity contribution is 0.0759. The molecule has 0 aliphatic carbocycles. The summed E-state index contributed by atoms with van der Waals surface area (Å²) in [4.78, 5) is 0. The van der Waals surface area contributed by atoms with E-state index in [0.29, 0.717) is 6.54 Å². The fourth-order valence-corrected chi connectivity index (χ4v) is 1.86. The molecule has 0 aliphatic heterocycles. The van der Waals surface area contributed by atoms with Crippen molar-refractivity contribution in [3.05, 3.63) is 35.6 Å². The molecular formula is C15H24FNO. The number of unbranched alkanes of at least 4 members (excludes halogenated alkanes) is 1. The van der Waals surface area contributed by atoms with Crippen LogP contribution < -0.4 is 5.32 Å². The molecule has 0 spiro atoms. The summed E-state index contributed by atoms with van der Waals surface area (Å²) in [6, 6.07) is 6.78. The molecule has 18 heavy (non-hydrogen) atoms. The maximum absolute atomic E-state index is 12.9. The summed E-state index contributed by atoms with van der Waals surface area (Å²) in [7, 11) is 0. The van der Waals surface area contributed by atoms with E-state index < -0.39 is 5.60 Å². The largest absolute Gasteiger partial charge is 0.389 e. The van der Waals surface area contributed by atoms with Gasteiger partial charge in [-0.1, -0.05) is 31.9 Å². The van der Waals surface area contributed by atoms with Crippen molar-refractivity contribution in [1.82, 2.24) is 5.32 Å². The highest BCUT2D eigenvalue weighted by Gasteiger charge is 2.17. The first-order valence-corrected chi connectivity index (χ1v) is 6.63. The Labute approximate surface area is 109 Å². The zero-order chi connectivity index (χ0) is 13.6. The van der Waals surface area contributed by atoms with Crippen molar-refractivity contribution in [3.8, 4) is 0 Å². The van der Waals surface area contributed by atoms with Gasteiger partial charge in [0.2, 0.25) is 0 Å². The smallest absolute Gasteiger partial charge is 0.123 e. The van der Waals surface area contributed by atoms with Crippen molar-refractivity contribution in [2.45, 2.75) is 51.7 Å². The van der Waals surface area contributed by atoms with Crippen LogP contribution in [0.15, 0.2) is 24.3 Å². The van der Waals surface area contributed by atoms with Gasteiger partial charge in [0.05, 0.1) is 5.60 Å². The molecule has 0 saturated carbocycles. The summed E-state index contributed by atoms with van der Waals surface area (Å²) >= 11 is 0. The third-order valence-electron chi connectivity index (χ3n) is 2.90. The van der Waals surface area contributed by atoms with Crippen LogP contribution in [0.25, 0.3) is 0 Å². The number of benzene rings is 1. The quantitative estimate of drug-likeness (QED) is 0.780. The SMILES string of the molecule is CCCCC(NCC(C)(C)O)c1ccc(F)cc1. The number of rotatable bonds is 7. The minimum absolute atomic E-state index is 0.178. The number of nitrogens with one attached hydrogen (secondary N) is 1. The van der Waals surface area contributed by atoms with Gasteiger partial charge in [0.15, 0.2) is 0 Å². The summed E-state index contributed by atoms with van der Waals surface area (Å²) in [6.45, 7) is 6.24. The van der Waals surface area contributed by atoms with Gasteiger partial charge in [-0.15, -0.1) is 0 Å². The Hall–Kier alpha value is -0.930. The molecule has 0 amide bonds. The van der Waals surface area contributed by atoms with Gasteiger partial charge in [-0.3, -0.25) is 0 Å². The number of hydrogen-bond acceptors (Lipinski definition) is 2. The average Bonchev–Trinajstić information content (AvgIpc) is 2.29. The molecule has 0 bridgehead atoms. The van der Waals surface area contributed by atoms with E-state index in [2.05, 4.69) is 12.2 Å². The van der Waals surface area contributed by atoms with Crippen molar-refractivity contribution in [1.29, 1.82) is 0 Å². The Morgan fingerprint density at radius 1 is 1.28 bits per heavy atom. The zero-order valence-electron chi connectivity index (χ0n) is 11.5. The van der Waals surface area contributed by atoms with Crippen LogP contribution in [0.2, 0.25) is 0 Å². The first-order chi connectivity index (χ1) is 8.42. The Morgan fingerprint density at radius 2 is 1.89 bits per heavy atom. The van der Waals surface area contributed by atoms with Crippen molar-refractivity contribution in [2.75, 3.05) is 6.54 Å². The van der Waals surface area contributed by atoms with Crippen LogP contribution in [-0.4, -0.2) is 17.3 Å². The van der Waals surface area contributed by atoms with Gasteiger partial charge in [-0.25, -0.2) is 4.39 Å². The second-order valence-electron chi connectivity index (χ2n) is 5.44. The van der Waals surface area contributed by atoms with E-state index >= 15 is 0 Å². The molecule has 1 aromatic rings. The first kappa shape index (κ1) is 15.1. The second kappa shape index (κ2) is 6.86. The Balaban J connectivity index is 2.68. The molecular weight excluding hydrogens is 229 g/mol. The predicted octanol–water partition coefficient (Wildman–Crippen LogP) is 3.42. The summed E-state index contributed by atoms with van der Waals surface area (Å²) in [5.41, 5.74) is 0.346. The molecule has 2 N–H and O–H groups in total. The molecule has 0 heterocycles. The van der Waals surface area contributed by atoms with Crippen molar-refractivity contribution in [2.24, 2.45) is 0 Å². The molecule has 1 atom stereocenters. The van der Waals surface area contributed by atoms with E-state index in [0.717, 1.165) is 24.8 Å². The maximum Gasteiger partial charge on any atom is 0.123 e. The summed E-state index contributed by atoms with van der Waals surface area (Å²) in [6.07, 6.45) is 3.24. The molecule has 0 radical (unpaired) electrons. The first-order valence-electron chi connectivity index (χ1n) is 6.63. The lowest BCUT2D eigenvalue weighted by Gasteiger charge is -2.24. The van der Waals surface area contributed by atoms with E-state index in [1.807, 2.05) is 12.1 Å². The van der Waals surface area contributed by atoms with Crippen molar-refractivity contribution in [3.63, 3.8) is 0 Å². The molecule has 102 valence electrons. The summed E-state index contributed by atoms with van der Waals surface area (Å²) < 4.78 is 12.9. The molecule has 1 rings (SSSR count). The Morgan fingerprint density at radius 3 is 2.39 bits per heavy atom. The summed E-state index contributed by atoms with van der Waals surface area (Å²) in [5.74, 6) is -0.213. The van der Waals surface area contributed by atoms with Gasteiger partial charge in [0, 0.05) is 12.6 Å². The van der Waals surface area contributed by atoms with Crippen LogP contribution in [0.4, 0.5) is 4.39 Å². The maximum atomic E-state index is 12.9. The molecule has 3 heteroatoms. The minimum atomic E-state index is -0.732. The van der Waals surface area contributed by atoms with Gasteiger partial charge < -0.3 is 10.4 Å². The standard InChI is InChI=1S/C15H24FNO/c1-4-5-6-14(17-11-15(2,3)18)12-7-9-13(16)10-8-12/h7-10,14,17-18H,4-6,11H2,1-3H3. The molecule has 0 aromatic heterocycles. The van der Waals surface area contributed by atoms with Gasteiger partial charge in [-0.05, 0) is 38.0 Å². The Kier molecular flexibility index (Phi) is 5.76. The fourth-order valence-electron chi connectivity index (χ4n) is 1.86. The normalized spacial score (nSPS) is 13.6. The van der Waals surface area contributed by atoms with Crippen molar-refractivity contribution >= 4 is 0 Å².